The molecule has 1 fully saturated rings. The number of aromatic nitrogens is 3. The van der Waals surface area contributed by atoms with Crippen LogP contribution in [-0.2, 0) is 16.1 Å². The number of nitrogens with zero attached hydrogens (tertiary/aromatic N) is 4. The fourth-order valence-electron chi connectivity index (χ4n) is 3.99. The summed E-state index contributed by atoms with van der Waals surface area (Å²) in [4.78, 5) is 15.1. The standard InChI is InChI=1S/C27H27N5O2S/c33-25(28-23-13-11-21(12-14-23)19-31-15-17-34-18-16-31)20-35-27-30-29-26(22-7-3-1-4-8-22)32(27)24-9-5-2-6-10-24/h1-14H,15-20H2,(H,28,33). The van der Waals surface area contributed by atoms with Crippen LogP contribution in [0.4, 0.5) is 5.69 Å². The van der Waals surface area contributed by atoms with Gasteiger partial charge in [-0.3, -0.25) is 14.3 Å². The second-order valence-electron chi connectivity index (χ2n) is 8.27. The summed E-state index contributed by atoms with van der Waals surface area (Å²) in [6.07, 6.45) is 0. The fourth-order valence-corrected chi connectivity index (χ4v) is 4.74. The molecule has 1 aliphatic heterocycles. The highest BCUT2D eigenvalue weighted by molar-refractivity contribution is 7.99. The molecule has 0 aliphatic carbocycles. The van der Waals surface area contributed by atoms with Crippen LogP contribution >= 0.6 is 11.8 Å². The minimum atomic E-state index is -0.0835. The number of carbonyl (C=O) groups excluding carboxylic acids is 1. The highest BCUT2D eigenvalue weighted by Crippen LogP contribution is 2.28. The van der Waals surface area contributed by atoms with Gasteiger partial charge in [0.2, 0.25) is 5.91 Å². The lowest BCUT2D eigenvalue weighted by atomic mass is 10.2. The van der Waals surface area contributed by atoms with Crippen molar-refractivity contribution in [2.45, 2.75) is 11.7 Å². The lowest BCUT2D eigenvalue weighted by Crippen LogP contribution is -2.35. The molecule has 0 bridgehead atoms. The first-order valence-corrected chi connectivity index (χ1v) is 12.6. The Balaban J connectivity index is 1.24. The van der Waals surface area contributed by atoms with E-state index in [1.807, 2.05) is 77.4 Å². The van der Waals surface area contributed by atoms with E-state index in [1.165, 1.54) is 17.3 Å². The quantitative estimate of drug-likeness (QED) is 0.371. The van der Waals surface area contributed by atoms with Crippen LogP contribution in [0, 0.1) is 0 Å². The number of hydrogen-bond acceptors (Lipinski definition) is 6. The maximum Gasteiger partial charge on any atom is 0.234 e. The number of rotatable bonds is 8. The zero-order valence-corrected chi connectivity index (χ0v) is 20.2. The van der Waals surface area contributed by atoms with Crippen LogP contribution in [0.3, 0.4) is 0 Å². The van der Waals surface area contributed by atoms with Gasteiger partial charge >= 0.3 is 0 Å². The van der Waals surface area contributed by atoms with Crippen LogP contribution in [0.25, 0.3) is 17.1 Å². The molecule has 1 aliphatic rings. The van der Waals surface area contributed by atoms with Crippen LogP contribution in [0.1, 0.15) is 5.56 Å². The molecule has 2 heterocycles. The first-order valence-electron chi connectivity index (χ1n) is 11.6. The normalized spacial score (nSPS) is 14.1. The van der Waals surface area contributed by atoms with Crippen LogP contribution in [0.15, 0.2) is 90.1 Å². The van der Waals surface area contributed by atoms with Gasteiger partial charge in [-0.25, -0.2) is 0 Å². The number of anilines is 1. The van der Waals surface area contributed by atoms with Gasteiger partial charge in [-0.1, -0.05) is 72.4 Å². The van der Waals surface area contributed by atoms with Crippen molar-refractivity contribution in [3.8, 4) is 17.1 Å². The second kappa shape index (κ2) is 11.3. The molecule has 8 heteroatoms. The van der Waals surface area contributed by atoms with Gasteiger partial charge in [-0.15, -0.1) is 10.2 Å². The molecule has 35 heavy (non-hydrogen) atoms. The van der Waals surface area contributed by atoms with Crippen LogP contribution in [0.5, 0.6) is 0 Å². The van der Waals surface area contributed by atoms with Gasteiger partial charge in [0.25, 0.3) is 0 Å². The van der Waals surface area contributed by atoms with Gasteiger partial charge in [0.1, 0.15) is 0 Å². The number of carbonyl (C=O) groups is 1. The smallest absolute Gasteiger partial charge is 0.234 e. The monoisotopic (exact) mass is 485 g/mol. The van der Waals surface area contributed by atoms with Crippen LogP contribution in [-0.4, -0.2) is 57.6 Å². The average Bonchev–Trinajstić information content (AvgIpc) is 3.34. The van der Waals surface area contributed by atoms with Crippen molar-refractivity contribution in [2.24, 2.45) is 0 Å². The summed E-state index contributed by atoms with van der Waals surface area (Å²) in [6.45, 7) is 4.38. The molecule has 0 unspecified atom stereocenters. The SMILES string of the molecule is O=C(CSc1nnc(-c2ccccc2)n1-c1ccccc1)Nc1ccc(CN2CCOCC2)cc1. The summed E-state index contributed by atoms with van der Waals surface area (Å²) >= 11 is 1.37. The van der Waals surface area contributed by atoms with Crippen molar-refractivity contribution in [3.63, 3.8) is 0 Å². The molecule has 0 spiro atoms. The zero-order chi connectivity index (χ0) is 23.9. The van der Waals surface area contributed by atoms with E-state index in [4.69, 9.17) is 4.74 Å². The highest BCUT2D eigenvalue weighted by atomic mass is 32.2. The molecule has 7 nitrogen and oxygen atoms in total. The summed E-state index contributed by atoms with van der Waals surface area (Å²) < 4.78 is 7.40. The number of para-hydroxylation sites is 1. The molecular weight excluding hydrogens is 458 g/mol. The summed E-state index contributed by atoms with van der Waals surface area (Å²) in [5, 5.41) is 12.5. The number of morpholine rings is 1. The predicted octanol–water partition coefficient (Wildman–Crippen LogP) is 4.50. The molecule has 3 aromatic carbocycles. The molecule has 1 N–H and O–H groups in total. The maximum atomic E-state index is 12.7. The Kier molecular flexibility index (Phi) is 7.53. The zero-order valence-electron chi connectivity index (χ0n) is 19.3. The van der Waals surface area contributed by atoms with E-state index >= 15 is 0 Å². The van der Waals surface area contributed by atoms with E-state index in [-0.39, 0.29) is 11.7 Å². The van der Waals surface area contributed by atoms with Gasteiger partial charge in [0, 0.05) is 36.6 Å². The number of benzene rings is 3. The van der Waals surface area contributed by atoms with E-state index in [9.17, 15) is 4.79 Å². The predicted molar refractivity (Wildman–Crippen MR) is 139 cm³/mol. The molecule has 4 aromatic rings. The molecular formula is C27H27N5O2S. The third-order valence-electron chi connectivity index (χ3n) is 5.76. The maximum absolute atomic E-state index is 12.7. The lowest BCUT2D eigenvalue weighted by Gasteiger charge is -2.26. The van der Waals surface area contributed by atoms with Gasteiger partial charge in [-0.05, 0) is 29.8 Å². The van der Waals surface area contributed by atoms with Crippen molar-refractivity contribution >= 4 is 23.4 Å². The first-order chi connectivity index (χ1) is 17.3. The van der Waals surface area contributed by atoms with Crippen molar-refractivity contribution in [3.05, 3.63) is 90.5 Å². The lowest BCUT2D eigenvalue weighted by molar-refractivity contribution is -0.113. The van der Waals surface area contributed by atoms with E-state index in [2.05, 4.69) is 32.5 Å². The molecule has 1 saturated heterocycles. The van der Waals surface area contributed by atoms with Crippen LogP contribution < -0.4 is 5.32 Å². The largest absolute Gasteiger partial charge is 0.379 e. The Labute approximate surface area is 209 Å². The van der Waals surface area contributed by atoms with Crippen LogP contribution in [0.2, 0.25) is 0 Å². The number of hydrogen-bond donors (Lipinski definition) is 1. The molecule has 5 rings (SSSR count). The highest BCUT2D eigenvalue weighted by Gasteiger charge is 2.17. The first kappa shape index (κ1) is 23.3. The van der Waals surface area contributed by atoms with E-state index < -0.39 is 0 Å². The molecule has 178 valence electrons. The van der Waals surface area contributed by atoms with Gasteiger partial charge in [0.05, 0.1) is 19.0 Å². The van der Waals surface area contributed by atoms with Gasteiger partial charge < -0.3 is 10.1 Å². The van der Waals surface area contributed by atoms with Gasteiger partial charge in [0.15, 0.2) is 11.0 Å². The van der Waals surface area contributed by atoms with E-state index in [0.29, 0.717) is 5.16 Å². The minimum absolute atomic E-state index is 0.0835. The summed E-state index contributed by atoms with van der Waals surface area (Å²) in [7, 11) is 0. The third-order valence-corrected chi connectivity index (χ3v) is 6.69. The Hall–Kier alpha value is -3.46. The Morgan fingerprint density at radius 1 is 0.886 bits per heavy atom. The minimum Gasteiger partial charge on any atom is -0.379 e. The number of nitrogens with one attached hydrogen (secondary N) is 1. The Bertz CT molecular complexity index is 1240. The molecule has 0 saturated carbocycles. The molecule has 0 atom stereocenters. The van der Waals surface area contributed by atoms with Crippen molar-refractivity contribution in [1.29, 1.82) is 0 Å². The third kappa shape index (κ3) is 5.97. The van der Waals surface area contributed by atoms with Crippen molar-refractivity contribution in [2.75, 3.05) is 37.4 Å². The summed E-state index contributed by atoms with van der Waals surface area (Å²) in [5.74, 6) is 0.894. The fraction of sp³-hybridized carbons (Fsp3) is 0.222. The summed E-state index contributed by atoms with van der Waals surface area (Å²) in [6, 6.07) is 27.9. The Morgan fingerprint density at radius 3 is 2.29 bits per heavy atom. The number of amides is 1. The Morgan fingerprint density at radius 2 is 1.57 bits per heavy atom. The van der Waals surface area contributed by atoms with Gasteiger partial charge in [-0.2, -0.15) is 0 Å². The second-order valence-corrected chi connectivity index (χ2v) is 9.21. The summed E-state index contributed by atoms with van der Waals surface area (Å²) in [5.41, 5.74) is 3.94. The van der Waals surface area contributed by atoms with E-state index in [0.717, 1.165) is 55.6 Å². The molecule has 1 aromatic heterocycles. The van der Waals surface area contributed by atoms with E-state index in [1.54, 1.807) is 0 Å². The van der Waals surface area contributed by atoms with Crippen molar-refractivity contribution in [1.82, 2.24) is 19.7 Å². The average molecular weight is 486 g/mol. The number of ether oxygens (including phenoxy) is 1. The van der Waals surface area contributed by atoms with Crippen molar-refractivity contribution < 1.29 is 9.53 Å². The topological polar surface area (TPSA) is 72.3 Å². The molecule has 0 radical (unpaired) electrons. The molecule has 1 amide bonds. The number of thioether (sulfide) groups is 1.